The molecule has 1 aliphatic heterocycles. The molecule has 0 spiro atoms. The number of aryl methyl sites for hydroxylation is 1. The molecule has 0 saturated carbocycles. The summed E-state index contributed by atoms with van der Waals surface area (Å²) in [5, 5.41) is 5.30. The van der Waals surface area contributed by atoms with Gasteiger partial charge in [0.1, 0.15) is 11.5 Å². The van der Waals surface area contributed by atoms with Gasteiger partial charge in [0.15, 0.2) is 10.9 Å². The number of rotatable bonds is 5. The zero-order valence-electron chi connectivity index (χ0n) is 14.4. The molecule has 134 valence electrons. The van der Waals surface area contributed by atoms with E-state index in [0.29, 0.717) is 16.5 Å². The Kier molecular flexibility index (Phi) is 5.10. The number of hydrogen-bond acceptors (Lipinski definition) is 6. The summed E-state index contributed by atoms with van der Waals surface area (Å²) in [6, 6.07) is 11.5. The number of anilines is 1. The molecule has 3 heterocycles. The number of carbonyl (C=O) groups excluding carboxylic acids is 1. The largest absolute Gasteiger partial charge is 0.460 e. The van der Waals surface area contributed by atoms with Crippen LogP contribution >= 0.6 is 23.3 Å². The Labute approximate surface area is 160 Å². The molecule has 0 radical (unpaired) electrons. The van der Waals surface area contributed by atoms with E-state index in [9.17, 15) is 4.79 Å². The van der Waals surface area contributed by atoms with Gasteiger partial charge in [-0.1, -0.05) is 0 Å². The van der Waals surface area contributed by atoms with Crippen LogP contribution in [0.1, 0.15) is 29.0 Å². The van der Waals surface area contributed by atoms with Crippen LogP contribution in [0.15, 0.2) is 51.1 Å². The number of benzene rings is 1. The van der Waals surface area contributed by atoms with Gasteiger partial charge in [-0.05, 0) is 68.1 Å². The normalized spacial score (nSPS) is 14.7. The van der Waals surface area contributed by atoms with Crippen LogP contribution in [-0.2, 0) is 0 Å². The van der Waals surface area contributed by atoms with Crippen molar-refractivity contribution in [2.75, 3.05) is 18.4 Å². The lowest BCUT2D eigenvalue weighted by atomic mass is 10.2. The Balaban J connectivity index is 1.39. The van der Waals surface area contributed by atoms with Crippen molar-refractivity contribution < 1.29 is 9.21 Å². The van der Waals surface area contributed by atoms with E-state index in [1.54, 1.807) is 11.9 Å². The zero-order chi connectivity index (χ0) is 17.9. The highest BCUT2D eigenvalue weighted by molar-refractivity contribution is 7.97. The average Bonchev–Trinajstić information content (AvgIpc) is 3.38. The maximum absolute atomic E-state index is 12.4. The molecule has 0 unspecified atom stereocenters. The maximum atomic E-state index is 12.4. The summed E-state index contributed by atoms with van der Waals surface area (Å²) < 4.78 is 7.93. The molecule has 2 aromatic heterocycles. The summed E-state index contributed by atoms with van der Waals surface area (Å²) in [6.07, 6.45) is 2.53. The molecule has 7 heteroatoms. The molecular formula is C19H19N3O2S2. The maximum Gasteiger partial charge on any atom is 0.257 e. The lowest BCUT2D eigenvalue weighted by Gasteiger charge is -2.13. The number of thiazole rings is 1. The Morgan fingerprint density at radius 3 is 2.65 bits per heavy atom. The van der Waals surface area contributed by atoms with Crippen molar-refractivity contribution in [2.24, 2.45) is 0 Å². The van der Waals surface area contributed by atoms with E-state index in [4.69, 9.17) is 4.42 Å². The number of hydrogen-bond donors (Lipinski definition) is 1. The molecule has 0 bridgehead atoms. The van der Waals surface area contributed by atoms with Crippen molar-refractivity contribution in [3.63, 3.8) is 0 Å². The molecular weight excluding hydrogens is 366 g/mol. The van der Waals surface area contributed by atoms with E-state index >= 15 is 0 Å². The van der Waals surface area contributed by atoms with Crippen LogP contribution in [0.3, 0.4) is 0 Å². The van der Waals surface area contributed by atoms with E-state index in [1.807, 2.05) is 48.7 Å². The fraction of sp³-hybridized carbons (Fsp3) is 0.263. The van der Waals surface area contributed by atoms with Crippen LogP contribution in [0.4, 0.5) is 5.13 Å². The van der Waals surface area contributed by atoms with Crippen molar-refractivity contribution in [3.05, 3.63) is 53.1 Å². The first-order chi connectivity index (χ1) is 12.7. The summed E-state index contributed by atoms with van der Waals surface area (Å²) >= 11 is 3.15. The molecule has 1 fully saturated rings. The summed E-state index contributed by atoms with van der Waals surface area (Å²) in [6.45, 7) is 4.16. The van der Waals surface area contributed by atoms with Crippen LogP contribution < -0.4 is 5.32 Å². The quantitative estimate of drug-likeness (QED) is 0.622. The molecule has 1 saturated heterocycles. The summed E-state index contributed by atoms with van der Waals surface area (Å²) in [7, 11) is 0. The Morgan fingerprint density at radius 2 is 1.96 bits per heavy atom. The number of amides is 1. The summed E-state index contributed by atoms with van der Waals surface area (Å²) in [4.78, 5) is 18.0. The Hall–Kier alpha value is -2.09. The van der Waals surface area contributed by atoms with Crippen LogP contribution in [0.25, 0.3) is 11.5 Å². The fourth-order valence-electron chi connectivity index (χ4n) is 2.78. The first kappa shape index (κ1) is 17.3. The lowest BCUT2D eigenvalue weighted by Crippen LogP contribution is -2.12. The highest BCUT2D eigenvalue weighted by Gasteiger charge is 2.14. The number of carbonyl (C=O) groups is 1. The van der Waals surface area contributed by atoms with Gasteiger partial charge in [0.05, 0.1) is 0 Å². The first-order valence-electron chi connectivity index (χ1n) is 8.54. The van der Waals surface area contributed by atoms with Crippen molar-refractivity contribution in [2.45, 2.75) is 24.7 Å². The minimum atomic E-state index is -0.153. The molecule has 26 heavy (non-hydrogen) atoms. The van der Waals surface area contributed by atoms with Gasteiger partial charge in [-0.3, -0.25) is 10.1 Å². The van der Waals surface area contributed by atoms with Crippen LogP contribution in [-0.4, -0.2) is 28.3 Å². The van der Waals surface area contributed by atoms with Crippen molar-refractivity contribution >= 4 is 34.3 Å². The number of nitrogens with zero attached hydrogens (tertiary/aromatic N) is 2. The van der Waals surface area contributed by atoms with Crippen molar-refractivity contribution in [1.29, 1.82) is 0 Å². The topological polar surface area (TPSA) is 58.4 Å². The fourth-order valence-corrected chi connectivity index (χ4v) is 4.47. The van der Waals surface area contributed by atoms with E-state index < -0.39 is 0 Å². The highest BCUT2D eigenvalue weighted by atomic mass is 32.2. The van der Waals surface area contributed by atoms with Crippen molar-refractivity contribution in [3.8, 4) is 11.5 Å². The highest BCUT2D eigenvalue weighted by Crippen LogP contribution is 2.28. The van der Waals surface area contributed by atoms with Gasteiger partial charge in [-0.25, -0.2) is 9.29 Å². The molecule has 1 N–H and O–H groups in total. The molecule has 5 nitrogen and oxygen atoms in total. The van der Waals surface area contributed by atoms with Crippen LogP contribution in [0.2, 0.25) is 0 Å². The van der Waals surface area contributed by atoms with E-state index in [2.05, 4.69) is 14.6 Å². The molecule has 0 aliphatic carbocycles. The third-order valence-corrected chi connectivity index (χ3v) is 6.00. The van der Waals surface area contributed by atoms with Gasteiger partial charge in [0.2, 0.25) is 0 Å². The zero-order valence-corrected chi connectivity index (χ0v) is 16.0. The Bertz CT molecular complexity index is 896. The van der Waals surface area contributed by atoms with Gasteiger partial charge in [-0.2, -0.15) is 0 Å². The van der Waals surface area contributed by atoms with E-state index in [0.717, 1.165) is 29.4 Å². The second kappa shape index (κ2) is 7.65. The van der Waals surface area contributed by atoms with Gasteiger partial charge in [-0.15, -0.1) is 11.3 Å². The summed E-state index contributed by atoms with van der Waals surface area (Å²) in [5.41, 5.74) is 1.36. The standard InChI is InChI=1S/C19H19N3O2S2/c1-13-4-9-17(24-13)16-12-25-19(20-16)21-18(23)14-5-7-15(8-6-14)26-22-10-2-3-11-22/h4-9,12H,2-3,10-11H2,1H3,(H,20,21,23). The molecule has 4 rings (SSSR count). The molecule has 1 amide bonds. The van der Waals surface area contributed by atoms with E-state index in [-0.39, 0.29) is 5.91 Å². The van der Waals surface area contributed by atoms with Crippen molar-refractivity contribution in [1.82, 2.24) is 9.29 Å². The molecule has 1 aromatic carbocycles. The minimum absolute atomic E-state index is 0.153. The molecule has 3 aromatic rings. The smallest absolute Gasteiger partial charge is 0.257 e. The SMILES string of the molecule is Cc1ccc(-c2csc(NC(=O)c3ccc(SN4CCCC4)cc3)n2)o1. The Morgan fingerprint density at radius 1 is 1.19 bits per heavy atom. The van der Waals surface area contributed by atoms with E-state index in [1.165, 1.54) is 24.2 Å². The predicted octanol–water partition coefficient (Wildman–Crippen LogP) is 5.07. The first-order valence-corrected chi connectivity index (χ1v) is 10.2. The number of furan rings is 1. The predicted molar refractivity (Wildman–Crippen MR) is 106 cm³/mol. The number of aromatic nitrogens is 1. The van der Waals surface area contributed by atoms with Crippen LogP contribution in [0.5, 0.6) is 0 Å². The molecule has 0 atom stereocenters. The van der Waals surface area contributed by atoms with Crippen LogP contribution in [0, 0.1) is 6.92 Å². The summed E-state index contributed by atoms with van der Waals surface area (Å²) in [5.74, 6) is 1.40. The monoisotopic (exact) mass is 385 g/mol. The van der Waals surface area contributed by atoms with Gasteiger partial charge < -0.3 is 4.42 Å². The lowest BCUT2D eigenvalue weighted by molar-refractivity contribution is 0.102. The third-order valence-electron chi connectivity index (χ3n) is 4.13. The second-order valence-corrected chi connectivity index (χ2v) is 8.18. The van der Waals surface area contributed by atoms with Gasteiger partial charge >= 0.3 is 0 Å². The van der Waals surface area contributed by atoms with Gasteiger partial charge in [0.25, 0.3) is 5.91 Å². The third kappa shape index (κ3) is 4.00. The molecule has 1 aliphatic rings. The number of nitrogens with one attached hydrogen (secondary N) is 1. The minimum Gasteiger partial charge on any atom is -0.460 e. The second-order valence-electron chi connectivity index (χ2n) is 6.15. The van der Waals surface area contributed by atoms with Gasteiger partial charge in [0, 0.05) is 28.9 Å². The average molecular weight is 386 g/mol.